The fourth-order valence-corrected chi connectivity index (χ4v) is 3.88. The summed E-state index contributed by atoms with van der Waals surface area (Å²) in [6, 6.07) is 14.8. The van der Waals surface area contributed by atoms with Crippen LogP contribution in [0.2, 0.25) is 0 Å². The number of ether oxygens (including phenoxy) is 1. The second kappa shape index (κ2) is 8.80. The second-order valence-corrected chi connectivity index (χ2v) is 9.43. The molecule has 1 heterocycles. The van der Waals surface area contributed by atoms with Gasteiger partial charge in [0.15, 0.2) is 15.6 Å². The van der Waals surface area contributed by atoms with Gasteiger partial charge >= 0.3 is 0 Å². The Bertz CT molecular complexity index is 1120. The summed E-state index contributed by atoms with van der Waals surface area (Å²) in [6.45, 7) is 4.67. The molecule has 3 rings (SSSR count). The molecule has 6 nitrogen and oxygen atoms in total. The van der Waals surface area contributed by atoms with Crippen LogP contribution in [0.25, 0.3) is 11.0 Å². The van der Waals surface area contributed by atoms with Crippen LogP contribution in [0.15, 0.2) is 52.9 Å². The number of para-hydroxylation sites is 1. The Morgan fingerprint density at radius 2 is 1.72 bits per heavy atom. The van der Waals surface area contributed by atoms with Crippen LogP contribution in [0.4, 0.5) is 0 Å². The molecule has 0 aliphatic carbocycles. The first-order valence-electron chi connectivity index (χ1n) is 9.39. The van der Waals surface area contributed by atoms with E-state index in [9.17, 15) is 13.2 Å². The molecule has 0 bridgehead atoms. The van der Waals surface area contributed by atoms with Gasteiger partial charge in [0.05, 0.1) is 18.5 Å². The molecular weight excluding hydrogens is 390 g/mol. The van der Waals surface area contributed by atoms with E-state index >= 15 is 0 Å². The van der Waals surface area contributed by atoms with Gasteiger partial charge in [0.1, 0.15) is 5.58 Å². The predicted octanol–water partition coefficient (Wildman–Crippen LogP) is 3.83. The average molecular weight is 416 g/mol. The molecule has 3 aromatic rings. The first-order valence-corrected chi connectivity index (χ1v) is 11.5. The molecule has 0 radical (unpaired) electrons. The molecule has 0 spiro atoms. The van der Waals surface area contributed by atoms with Gasteiger partial charge in [-0.05, 0) is 31.0 Å². The Kier molecular flexibility index (Phi) is 6.39. The number of sulfone groups is 1. The van der Waals surface area contributed by atoms with Crippen LogP contribution >= 0.6 is 0 Å². The van der Waals surface area contributed by atoms with Gasteiger partial charge in [-0.25, -0.2) is 8.42 Å². The third kappa shape index (κ3) is 5.46. The van der Waals surface area contributed by atoms with Crippen LogP contribution in [-0.2, 0) is 33.5 Å². The molecule has 0 atom stereocenters. The van der Waals surface area contributed by atoms with Gasteiger partial charge in [-0.1, -0.05) is 42.5 Å². The van der Waals surface area contributed by atoms with Crippen molar-refractivity contribution >= 4 is 26.7 Å². The summed E-state index contributed by atoms with van der Waals surface area (Å²) in [5.74, 6) is -0.669. The number of hydrogen-bond donors (Lipinski definition) is 1. The molecule has 0 unspecified atom stereocenters. The van der Waals surface area contributed by atoms with Crippen molar-refractivity contribution in [2.75, 3.05) is 6.26 Å². The Morgan fingerprint density at radius 1 is 1.07 bits per heavy atom. The van der Waals surface area contributed by atoms with Gasteiger partial charge in [0.2, 0.25) is 0 Å². The number of furan rings is 1. The van der Waals surface area contributed by atoms with Gasteiger partial charge < -0.3 is 14.5 Å². The molecule has 1 amide bonds. The molecule has 29 heavy (non-hydrogen) atoms. The molecule has 0 aliphatic rings. The van der Waals surface area contributed by atoms with Crippen molar-refractivity contribution in [2.24, 2.45) is 0 Å². The zero-order valence-corrected chi connectivity index (χ0v) is 17.6. The summed E-state index contributed by atoms with van der Waals surface area (Å²) in [5, 5.41) is 3.48. The quantitative estimate of drug-likeness (QED) is 0.604. The highest BCUT2D eigenvalue weighted by Crippen LogP contribution is 2.27. The smallest absolute Gasteiger partial charge is 0.287 e. The lowest BCUT2D eigenvalue weighted by Crippen LogP contribution is -2.24. The number of amides is 1. The average Bonchev–Trinajstić information content (AvgIpc) is 3.02. The Hall–Kier alpha value is -2.64. The van der Waals surface area contributed by atoms with Gasteiger partial charge in [-0.15, -0.1) is 0 Å². The predicted molar refractivity (Wildman–Crippen MR) is 112 cm³/mol. The normalized spacial score (nSPS) is 11.9. The summed E-state index contributed by atoms with van der Waals surface area (Å²) in [7, 11) is -3.34. The maximum atomic E-state index is 12.8. The molecule has 1 aromatic heterocycles. The van der Waals surface area contributed by atoms with Crippen LogP contribution in [0, 0.1) is 0 Å². The minimum Gasteiger partial charge on any atom is -0.451 e. The summed E-state index contributed by atoms with van der Waals surface area (Å²) >= 11 is 0. The lowest BCUT2D eigenvalue weighted by Gasteiger charge is -2.12. The number of benzene rings is 2. The Balaban J connectivity index is 1.83. The maximum Gasteiger partial charge on any atom is 0.287 e. The number of nitrogens with one attached hydrogen (secondary N) is 1. The van der Waals surface area contributed by atoms with E-state index in [4.69, 9.17) is 9.15 Å². The minimum absolute atomic E-state index is 0.0348. The van der Waals surface area contributed by atoms with E-state index in [2.05, 4.69) is 5.32 Å². The van der Waals surface area contributed by atoms with E-state index < -0.39 is 15.7 Å². The Labute approximate surface area is 170 Å². The van der Waals surface area contributed by atoms with Crippen LogP contribution in [0.3, 0.4) is 0 Å². The van der Waals surface area contributed by atoms with E-state index in [1.54, 1.807) is 24.3 Å². The summed E-state index contributed by atoms with van der Waals surface area (Å²) in [6.07, 6.45) is 1.24. The lowest BCUT2D eigenvalue weighted by molar-refractivity contribution is 0.0651. The van der Waals surface area contributed by atoms with Crippen LogP contribution in [0.1, 0.15) is 41.1 Å². The summed E-state index contributed by atoms with van der Waals surface area (Å²) < 4.78 is 35.1. The molecule has 154 valence electrons. The van der Waals surface area contributed by atoms with Crippen molar-refractivity contribution in [3.63, 3.8) is 0 Å². The third-order valence-electron chi connectivity index (χ3n) is 4.44. The van der Waals surface area contributed by atoms with Gasteiger partial charge in [-0.2, -0.15) is 0 Å². The second-order valence-electron chi connectivity index (χ2n) is 7.29. The van der Waals surface area contributed by atoms with Crippen molar-refractivity contribution in [1.29, 1.82) is 0 Å². The zero-order chi connectivity index (χ0) is 21.0. The Morgan fingerprint density at radius 3 is 2.41 bits per heavy atom. The van der Waals surface area contributed by atoms with Crippen LogP contribution in [-0.4, -0.2) is 26.7 Å². The van der Waals surface area contributed by atoms with Crippen molar-refractivity contribution in [2.45, 2.75) is 38.9 Å². The number of carbonyl (C=O) groups is 1. The molecule has 0 saturated carbocycles. The van der Waals surface area contributed by atoms with E-state index in [1.807, 2.05) is 38.1 Å². The fraction of sp³-hybridized carbons (Fsp3) is 0.318. The van der Waals surface area contributed by atoms with Crippen molar-refractivity contribution in [1.82, 2.24) is 5.32 Å². The highest BCUT2D eigenvalue weighted by atomic mass is 32.2. The van der Waals surface area contributed by atoms with Crippen LogP contribution in [0.5, 0.6) is 0 Å². The largest absolute Gasteiger partial charge is 0.451 e. The van der Waals surface area contributed by atoms with Crippen molar-refractivity contribution in [3.05, 3.63) is 71.0 Å². The number of rotatable bonds is 8. The zero-order valence-electron chi connectivity index (χ0n) is 16.8. The molecular formula is C22H25NO5S. The third-order valence-corrected chi connectivity index (χ3v) is 5.25. The topological polar surface area (TPSA) is 85.6 Å². The van der Waals surface area contributed by atoms with Crippen molar-refractivity contribution in [3.8, 4) is 0 Å². The number of carbonyl (C=O) groups excluding carboxylic acids is 1. The maximum absolute atomic E-state index is 12.8. The fourth-order valence-electron chi connectivity index (χ4n) is 3.07. The molecule has 2 aromatic carbocycles. The molecule has 0 aliphatic heterocycles. The molecule has 1 N–H and O–H groups in total. The minimum atomic E-state index is -3.34. The molecule has 7 heteroatoms. The van der Waals surface area contributed by atoms with Gasteiger partial charge in [-0.3, -0.25) is 4.79 Å². The van der Waals surface area contributed by atoms with E-state index in [0.717, 1.165) is 17.4 Å². The number of hydrogen-bond acceptors (Lipinski definition) is 5. The SMILES string of the molecule is CC(C)OCc1ccccc1CNC(=O)c1oc2ccccc2c1CS(C)(=O)=O. The summed E-state index contributed by atoms with van der Waals surface area (Å²) in [4.78, 5) is 12.8. The summed E-state index contributed by atoms with van der Waals surface area (Å²) in [5.41, 5.74) is 2.80. The highest BCUT2D eigenvalue weighted by Gasteiger charge is 2.23. The standard InChI is InChI=1S/C22H25NO5S/c1-15(2)27-13-17-9-5-4-8-16(17)12-23-22(24)21-19(14-29(3,25)26)18-10-6-7-11-20(18)28-21/h4-11,15H,12-14H2,1-3H3,(H,23,24). The van der Waals surface area contributed by atoms with E-state index in [0.29, 0.717) is 23.1 Å². The van der Waals surface area contributed by atoms with Crippen LogP contribution < -0.4 is 5.32 Å². The van der Waals surface area contributed by atoms with Crippen molar-refractivity contribution < 1.29 is 22.4 Å². The molecule has 0 saturated heterocycles. The monoisotopic (exact) mass is 415 g/mol. The van der Waals surface area contributed by atoms with E-state index in [1.165, 1.54) is 0 Å². The van der Waals surface area contributed by atoms with Gasteiger partial charge in [0.25, 0.3) is 5.91 Å². The lowest BCUT2D eigenvalue weighted by atomic mass is 10.1. The van der Waals surface area contributed by atoms with Gasteiger partial charge in [0, 0.05) is 23.8 Å². The first-order chi connectivity index (χ1) is 13.7. The highest BCUT2D eigenvalue weighted by molar-refractivity contribution is 7.89. The van der Waals surface area contributed by atoms with E-state index in [-0.39, 0.29) is 24.2 Å². The number of fused-ring (bicyclic) bond motifs is 1. The molecule has 0 fully saturated rings. The first kappa shape index (κ1) is 21.1.